The minimum absolute atomic E-state index is 0.0721. The Morgan fingerprint density at radius 3 is 1.76 bits per heavy atom. The van der Waals surface area contributed by atoms with Crippen LogP contribution in [-0.4, -0.2) is 40.3 Å². The van der Waals surface area contributed by atoms with Gasteiger partial charge in [-0.2, -0.15) is 0 Å². The third-order valence-electron chi connectivity index (χ3n) is 6.77. The molecule has 0 unspecified atom stereocenters. The average Bonchev–Trinajstić information content (AvgIpc) is 3.04. The molecule has 4 aromatic carbocycles. The van der Waals surface area contributed by atoms with Gasteiger partial charge in [0.25, 0.3) is 0 Å². The van der Waals surface area contributed by atoms with E-state index in [0.717, 1.165) is 22.9 Å². The number of fused-ring (bicyclic) bond motifs is 1. The summed E-state index contributed by atoms with van der Waals surface area (Å²) in [5.41, 5.74) is 2.49. The van der Waals surface area contributed by atoms with Crippen LogP contribution in [0.4, 0.5) is 5.69 Å². The lowest BCUT2D eigenvalue weighted by Gasteiger charge is -2.39. The molecule has 7 heteroatoms. The Morgan fingerprint density at radius 2 is 1.30 bits per heavy atom. The molecule has 1 aliphatic rings. The highest BCUT2D eigenvalue weighted by molar-refractivity contribution is 7.90. The van der Waals surface area contributed by atoms with E-state index in [9.17, 15) is 13.2 Å². The second-order valence-electron chi connectivity index (χ2n) is 9.15. The predicted octanol–water partition coefficient (Wildman–Crippen LogP) is 4.40. The third-order valence-corrected chi connectivity index (χ3v) is 7.88. The van der Waals surface area contributed by atoms with E-state index in [1.54, 1.807) is 13.1 Å². The molecule has 37 heavy (non-hydrogen) atoms. The molecule has 4 aromatic rings. The van der Waals surface area contributed by atoms with Crippen LogP contribution in [0, 0.1) is 0 Å². The standard InChI is InChI=1S/C30H28N2O4S/c1-32-27-20-25(37(2,34)35)18-19-28(27)36-21-26(29(32)33)31-30(22-12-6-3-7-13-22,23-14-8-4-9-15-23)24-16-10-5-11-17-24/h3-20,26,31H,21H2,1-2H3/t26-/m0/s1. The van der Waals surface area contributed by atoms with Crippen molar-refractivity contribution >= 4 is 21.4 Å². The van der Waals surface area contributed by atoms with Gasteiger partial charge in [-0.15, -0.1) is 0 Å². The monoisotopic (exact) mass is 512 g/mol. The minimum atomic E-state index is -3.45. The van der Waals surface area contributed by atoms with Gasteiger partial charge >= 0.3 is 0 Å². The van der Waals surface area contributed by atoms with Gasteiger partial charge in [-0.05, 0) is 34.9 Å². The molecule has 0 radical (unpaired) electrons. The van der Waals surface area contributed by atoms with Crippen LogP contribution in [0.25, 0.3) is 0 Å². The lowest BCUT2D eigenvalue weighted by atomic mass is 9.76. The van der Waals surface area contributed by atoms with Crippen molar-refractivity contribution < 1.29 is 17.9 Å². The topological polar surface area (TPSA) is 75.7 Å². The Bertz CT molecular complexity index is 1410. The maximum Gasteiger partial charge on any atom is 0.247 e. The number of anilines is 1. The van der Waals surface area contributed by atoms with E-state index in [1.807, 2.05) is 91.0 Å². The van der Waals surface area contributed by atoms with Gasteiger partial charge in [0.2, 0.25) is 5.91 Å². The van der Waals surface area contributed by atoms with Gasteiger partial charge in [-0.25, -0.2) is 8.42 Å². The molecule has 0 saturated heterocycles. The number of sulfone groups is 1. The van der Waals surface area contributed by atoms with E-state index < -0.39 is 21.4 Å². The van der Waals surface area contributed by atoms with Crippen molar-refractivity contribution in [1.29, 1.82) is 0 Å². The van der Waals surface area contributed by atoms with Gasteiger partial charge in [0.1, 0.15) is 18.4 Å². The largest absolute Gasteiger partial charge is 0.489 e. The highest BCUT2D eigenvalue weighted by Crippen LogP contribution is 2.39. The van der Waals surface area contributed by atoms with Crippen molar-refractivity contribution in [2.75, 3.05) is 24.8 Å². The smallest absolute Gasteiger partial charge is 0.247 e. The first-order valence-electron chi connectivity index (χ1n) is 12.0. The Morgan fingerprint density at radius 1 is 0.811 bits per heavy atom. The van der Waals surface area contributed by atoms with Crippen molar-refractivity contribution in [2.24, 2.45) is 0 Å². The fourth-order valence-electron chi connectivity index (χ4n) is 4.89. The molecule has 1 aliphatic heterocycles. The van der Waals surface area contributed by atoms with Crippen molar-refractivity contribution in [3.63, 3.8) is 0 Å². The molecule has 1 atom stereocenters. The van der Waals surface area contributed by atoms with Crippen molar-refractivity contribution in [2.45, 2.75) is 16.5 Å². The van der Waals surface area contributed by atoms with Crippen LogP contribution in [0.3, 0.4) is 0 Å². The van der Waals surface area contributed by atoms with Crippen LogP contribution in [-0.2, 0) is 20.2 Å². The summed E-state index contributed by atoms with van der Waals surface area (Å²) in [5, 5.41) is 3.68. The first-order valence-corrected chi connectivity index (χ1v) is 13.9. The lowest BCUT2D eigenvalue weighted by Crippen LogP contribution is -2.56. The highest BCUT2D eigenvalue weighted by Gasteiger charge is 2.42. The molecular weight excluding hydrogens is 484 g/mol. The summed E-state index contributed by atoms with van der Waals surface area (Å²) in [6.45, 7) is 0.0721. The van der Waals surface area contributed by atoms with Gasteiger partial charge in [-0.3, -0.25) is 10.1 Å². The molecule has 0 aromatic heterocycles. The normalized spacial score (nSPS) is 16.0. The molecular formula is C30H28N2O4S. The summed E-state index contributed by atoms with van der Waals surface area (Å²) >= 11 is 0. The van der Waals surface area contributed by atoms with Crippen molar-refractivity contribution in [3.8, 4) is 5.75 Å². The molecule has 1 heterocycles. The second kappa shape index (κ2) is 9.84. The van der Waals surface area contributed by atoms with Crippen molar-refractivity contribution in [1.82, 2.24) is 5.32 Å². The zero-order valence-corrected chi connectivity index (χ0v) is 21.5. The summed E-state index contributed by atoms with van der Waals surface area (Å²) in [6.07, 6.45) is 1.15. The number of benzene rings is 4. The highest BCUT2D eigenvalue weighted by atomic mass is 32.2. The molecule has 0 fully saturated rings. The number of hydrogen-bond acceptors (Lipinski definition) is 5. The maximum atomic E-state index is 13.9. The van der Waals surface area contributed by atoms with Crippen LogP contribution in [0.2, 0.25) is 0 Å². The lowest BCUT2D eigenvalue weighted by molar-refractivity contribution is -0.121. The summed E-state index contributed by atoms with van der Waals surface area (Å²) in [7, 11) is -1.80. The number of hydrogen-bond donors (Lipinski definition) is 1. The molecule has 5 rings (SSSR count). The number of nitrogens with zero attached hydrogens (tertiary/aromatic N) is 1. The fraction of sp³-hybridized carbons (Fsp3) is 0.167. The minimum Gasteiger partial charge on any atom is -0.489 e. The molecule has 0 aliphatic carbocycles. The van der Waals surface area contributed by atoms with E-state index >= 15 is 0 Å². The van der Waals surface area contributed by atoms with Crippen LogP contribution >= 0.6 is 0 Å². The van der Waals surface area contributed by atoms with Gasteiger partial charge in [0.05, 0.1) is 16.1 Å². The van der Waals surface area contributed by atoms with Gasteiger partial charge in [-0.1, -0.05) is 91.0 Å². The quantitative estimate of drug-likeness (QED) is 0.388. The van der Waals surface area contributed by atoms with E-state index in [2.05, 4.69) is 5.32 Å². The van der Waals surface area contributed by atoms with Gasteiger partial charge in [0.15, 0.2) is 9.84 Å². The molecule has 1 amide bonds. The van der Waals surface area contributed by atoms with E-state index in [-0.39, 0.29) is 17.4 Å². The number of amides is 1. The molecule has 6 nitrogen and oxygen atoms in total. The molecule has 0 saturated carbocycles. The SMILES string of the molecule is CN1C(=O)[C@@H](NC(c2ccccc2)(c2ccccc2)c2ccccc2)COc2ccc(S(C)(=O)=O)cc21. The van der Waals surface area contributed by atoms with E-state index in [4.69, 9.17) is 4.74 Å². The van der Waals surface area contributed by atoms with E-state index in [1.165, 1.54) is 17.0 Å². The fourth-order valence-corrected chi connectivity index (χ4v) is 5.53. The van der Waals surface area contributed by atoms with Crippen LogP contribution in [0.5, 0.6) is 5.75 Å². The predicted molar refractivity (Wildman–Crippen MR) is 145 cm³/mol. The zero-order valence-electron chi connectivity index (χ0n) is 20.7. The number of carbonyl (C=O) groups excluding carboxylic acids is 1. The second-order valence-corrected chi connectivity index (χ2v) is 11.2. The summed E-state index contributed by atoms with van der Waals surface area (Å²) in [5.74, 6) is 0.230. The zero-order chi connectivity index (χ0) is 26.0. The van der Waals surface area contributed by atoms with Crippen molar-refractivity contribution in [3.05, 3.63) is 126 Å². The molecule has 1 N–H and O–H groups in total. The maximum absolute atomic E-state index is 13.9. The molecule has 188 valence electrons. The third kappa shape index (κ3) is 4.63. The Hall–Kier alpha value is -3.94. The van der Waals surface area contributed by atoms with Gasteiger partial charge < -0.3 is 9.64 Å². The first-order chi connectivity index (χ1) is 17.8. The van der Waals surface area contributed by atoms with Crippen LogP contribution in [0.15, 0.2) is 114 Å². The van der Waals surface area contributed by atoms with Crippen LogP contribution < -0.4 is 15.0 Å². The Kier molecular flexibility index (Phi) is 6.58. The Balaban J connectivity index is 1.63. The molecule has 0 spiro atoms. The number of rotatable bonds is 6. The Labute approximate surface area is 217 Å². The number of ether oxygens (including phenoxy) is 1. The summed E-state index contributed by atoms with van der Waals surface area (Å²) in [4.78, 5) is 15.5. The number of nitrogens with one attached hydrogen (secondary N) is 1. The molecule has 0 bridgehead atoms. The number of carbonyl (C=O) groups is 1. The van der Waals surface area contributed by atoms with Gasteiger partial charge in [0, 0.05) is 13.3 Å². The van der Waals surface area contributed by atoms with E-state index in [0.29, 0.717) is 11.4 Å². The summed E-state index contributed by atoms with van der Waals surface area (Å²) in [6, 6.07) is 34.0. The average molecular weight is 513 g/mol. The summed E-state index contributed by atoms with van der Waals surface area (Å²) < 4.78 is 30.4. The first kappa shape index (κ1) is 24.7. The number of likely N-dealkylation sites (N-methyl/N-ethyl adjacent to an activating group) is 1. The van der Waals surface area contributed by atoms with Crippen LogP contribution in [0.1, 0.15) is 16.7 Å².